The molecule has 1 heterocycles. The van der Waals surface area contributed by atoms with Crippen molar-refractivity contribution in [3.63, 3.8) is 0 Å². The Labute approximate surface area is 123 Å². The molecule has 0 unspecified atom stereocenters. The molecule has 2 aromatic rings. The van der Waals surface area contributed by atoms with E-state index in [0.29, 0.717) is 25.3 Å². The first-order valence-corrected chi connectivity index (χ1v) is 6.77. The van der Waals surface area contributed by atoms with Gasteiger partial charge in [-0.3, -0.25) is 9.78 Å². The first-order valence-electron chi connectivity index (χ1n) is 6.77. The smallest absolute Gasteiger partial charge is 0.253 e. The first kappa shape index (κ1) is 15.0. The average molecular weight is 286 g/mol. The lowest BCUT2D eigenvalue weighted by Crippen LogP contribution is -2.23. The molecule has 0 spiro atoms. The first-order chi connectivity index (χ1) is 10.2. The number of aromatic hydroxyl groups is 1. The van der Waals surface area contributed by atoms with Gasteiger partial charge in [0.25, 0.3) is 5.91 Å². The van der Waals surface area contributed by atoms with Crippen LogP contribution in [0.1, 0.15) is 28.4 Å². The number of rotatable bonds is 6. The monoisotopic (exact) mass is 286 g/mol. The summed E-state index contributed by atoms with van der Waals surface area (Å²) in [7, 11) is 0. The van der Waals surface area contributed by atoms with Crippen molar-refractivity contribution in [1.29, 1.82) is 0 Å². The molecular formula is C16H18N2O3. The fourth-order valence-electron chi connectivity index (χ4n) is 1.91. The van der Waals surface area contributed by atoms with E-state index in [1.54, 1.807) is 0 Å². The molecule has 0 aliphatic carbocycles. The summed E-state index contributed by atoms with van der Waals surface area (Å²) < 4.78 is 5.41. The van der Waals surface area contributed by atoms with E-state index >= 15 is 0 Å². The fraction of sp³-hybridized carbons (Fsp3) is 0.250. The maximum Gasteiger partial charge on any atom is 0.253 e. The Balaban J connectivity index is 2.01. The van der Waals surface area contributed by atoms with Crippen LogP contribution in [-0.2, 0) is 17.9 Å². The van der Waals surface area contributed by atoms with E-state index in [9.17, 15) is 9.90 Å². The number of hydrogen-bond donors (Lipinski definition) is 2. The Hall–Kier alpha value is -2.40. The zero-order valence-corrected chi connectivity index (χ0v) is 11.9. The van der Waals surface area contributed by atoms with Crippen LogP contribution in [-0.4, -0.2) is 22.6 Å². The molecule has 0 saturated carbocycles. The summed E-state index contributed by atoms with van der Waals surface area (Å²) in [4.78, 5) is 15.8. The minimum Gasteiger partial charge on any atom is -0.506 e. The summed E-state index contributed by atoms with van der Waals surface area (Å²) in [6, 6.07) is 9.18. The average Bonchev–Trinajstić information content (AvgIpc) is 2.51. The van der Waals surface area contributed by atoms with E-state index in [1.807, 2.05) is 31.2 Å². The molecule has 2 rings (SSSR count). The number of carbonyl (C=O) groups excluding carboxylic acids is 1. The summed E-state index contributed by atoms with van der Waals surface area (Å²) in [5.74, 6) is -0.302. The van der Waals surface area contributed by atoms with Crippen molar-refractivity contribution >= 4 is 5.91 Å². The highest BCUT2D eigenvalue weighted by molar-refractivity contribution is 5.94. The van der Waals surface area contributed by atoms with Gasteiger partial charge < -0.3 is 15.2 Å². The number of pyridine rings is 1. The molecule has 0 aliphatic heterocycles. The number of aromatic nitrogens is 1. The van der Waals surface area contributed by atoms with Crippen molar-refractivity contribution < 1.29 is 14.6 Å². The normalized spacial score (nSPS) is 10.3. The van der Waals surface area contributed by atoms with Crippen LogP contribution in [0.4, 0.5) is 0 Å². The fourth-order valence-corrected chi connectivity index (χ4v) is 1.91. The summed E-state index contributed by atoms with van der Waals surface area (Å²) in [5, 5.41) is 12.1. The zero-order valence-electron chi connectivity index (χ0n) is 11.9. The SMILES string of the molecule is CCOCc1ccccc1CNC(=O)c1cncc(O)c1. The molecule has 110 valence electrons. The van der Waals surface area contributed by atoms with Gasteiger partial charge in [0.2, 0.25) is 0 Å². The quantitative estimate of drug-likeness (QED) is 0.854. The number of hydrogen-bond acceptors (Lipinski definition) is 4. The van der Waals surface area contributed by atoms with E-state index < -0.39 is 0 Å². The molecule has 21 heavy (non-hydrogen) atoms. The Morgan fingerprint density at radius 3 is 2.76 bits per heavy atom. The largest absolute Gasteiger partial charge is 0.506 e. The Morgan fingerprint density at radius 2 is 2.05 bits per heavy atom. The van der Waals surface area contributed by atoms with Gasteiger partial charge in [0.1, 0.15) is 5.75 Å². The highest BCUT2D eigenvalue weighted by atomic mass is 16.5. The van der Waals surface area contributed by atoms with Crippen molar-refractivity contribution in [3.8, 4) is 5.75 Å². The van der Waals surface area contributed by atoms with Crippen LogP contribution in [0.25, 0.3) is 0 Å². The summed E-state index contributed by atoms with van der Waals surface area (Å²) in [6.45, 7) is 3.52. The molecule has 1 aromatic carbocycles. The van der Waals surface area contributed by atoms with Crippen LogP contribution in [0.15, 0.2) is 42.7 Å². The summed E-state index contributed by atoms with van der Waals surface area (Å²) in [6.07, 6.45) is 2.70. The van der Waals surface area contributed by atoms with Gasteiger partial charge in [-0.05, 0) is 24.1 Å². The van der Waals surface area contributed by atoms with Gasteiger partial charge in [-0.25, -0.2) is 0 Å². The van der Waals surface area contributed by atoms with Crippen LogP contribution in [0.5, 0.6) is 5.75 Å². The molecule has 5 nitrogen and oxygen atoms in total. The van der Waals surface area contributed by atoms with Gasteiger partial charge in [0, 0.05) is 19.3 Å². The molecule has 0 atom stereocenters. The molecule has 1 amide bonds. The molecule has 2 N–H and O–H groups in total. The highest BCUT2D eigenvalue weighted by Gasteiger charge is 2.08. The zero-order chi connectivity index (χ0) is 15.1. The summed E-state index contributed by atoms with van der Waals surface area (Å²) in [5.41, 5.74) is 2.39. The molecule has 0 aliphatic rings. The standard InChI is InChI=1S/C16H18N2O3/c1-2-21-11-13-6-4-3-5-12(13)9-18-16(20)14-7-15(19)10-17-8-14/h3-8,10,19H,2,9,11H2,1H3,(H,18,20). The van der Waals surface area contributed by atoms with Crippen molar-refractivity contribution in [2.75, 3.05) is 6.61 Å². The van der Waals surface area contributed by atoms with Gasteiger partial charge in [-0.1, -0.05) is 24.3 Å². The molecule has 0 fully saturated rings. The summed E-state index contributed by atoms with van der Waals surface area (Å²) >= 11 is 0. The molecule has 0 bridgehead atoms. The van der Waals surface area contributed by atoms with Crippen LogP contribution in [0.2, 0.25) is 0 Å². The second kappa shape index (κ2) is 7.40. The molecule has 5 heteroatoms. The number of benzene rings is 1. The Kier molecular flexibility index (Phi) is 5.29. The van der Waals surface area contributed by atoms with Gasteiger partial charge >= 0.3 is 0 Å². The number of amides is 1. The lowest BCUT2D eigenvalue weighted by atomic mass is 10.1. The third-order valence-electron chi connectivity index (χ3n) is 3.01. The molecule has 0 saturated heterocycles. The van der Waals surface area contributed by atoms with Crippen LogP contribution >= 0.6 is 0 Å². The molecule has 0 radical (unpaired) electrons. The van der Waals surface area contributed by atoms with E-state index in [-0.39, 0.29) is 11.7 Å². The van der Waals surface area contributed by atoms with Gasteiger partial charge in [-0.2, -0.15) is 0 Å². The van der Waals surface area contributed by atoms with Gasteiger partial charge in [0.15, 0.2) is 0 Å². The second-order valence-corrected chi connectivity index (χ2v) is 4.52. The number of ether oxygens (including phenoxy) is 1. The van der Waals surface area contributed by atoms with E-state index in [4.69, 9.17) is 4.74 Å². The van der Waals surface area contributed by atoms with Crippen molar-refractivity contribution in [2.24, 2.45) is 0 Å². The Morgan fingerprint density at radius 1 is 1.29 bits per heavy atom. The minimum absolute atomic E-state index is 0.0283. The Bertz CT molecular complexity index is 614. The number of nitrogens with zero attached hydrogens (tertiary/aromatic N) is 1. The minimum atomic E-state index is -0.274. The van der Waals surface area contributed by atoms with Crippen LogP contribution < -0.4 is 5.32 Å². The third-order valence-corrected chi connectivity index (χ3v) is 3.01. The predicted molar refractivity (Wildman–Crippen MR) is 78.8 cm³/mol. The number of nitrogens with one attached hydrogen (secondary N) is 1. The van der Waals surface area contributed by atoms with Crippen molar-refractivity contribution in [2.45, 2.75) is 20.1 Å². The maximum absolute atomic E-state index is 12.0. The van der Waals surface area contributed by atoms with E-state index in [1.165, 1.54) is 18.5 Å². The molecule has 1 aromatic heterocycles. The topological polar surface area (TPSA) is 71.5 Å². The lowest BCUT2D eigenvalue weighted by Gasteiger charge is -2.10. The van der Waals surface area contributed by atoms with Crippen LogP contribution in [0.3, 0.4) is 0 Å². The van der Waals surface area contributed by atoms with Crippen molar-refractivity contribution in [3.05, 3.63) is 59.4 Å². The lowest BCUT2D eigenvalue weighted by molar-refractivity contribution is 0.0949. The van der Waals surface area contributed by atoms with Gasteiger partial charge in [0.05, 0.1) is 18.4 Å². The maximum atomic E-state index is 12.0. The van der Waals surface area contributed by atoms with Gasteiger partial charge in [-0.15, -0.1) is 0 Å². The van der Waals surface area contributed by atoms with E-state index in [2.05, 4.69) is 10.3 Å². The van der Waals surface area contributed by atoms with Crippen LogP contribution in [0, 0.1) is 0 Å². The van der Waals surface area contributed by atoms with E-state index in [0.717, 1.165) is 11.1 Å². The second-order valence-electron chi connectivity index (χ2n) is 4.52. The molecular weight excluding hydrogens is 268 g/mol. The predicted octanol–water partition coefficient (Wildman–Crippen LogP) is 2.25. The number of carbonyl (C=O) groups is 1. The highest BCUT2D eigenvalue weighted by Crippen LogP contribution is 2.11. The van der Waals surface area contributed by atoms with Crippen molar-refractivity contribution in [1.82, 2.24) is 10.3 Å². The third kappa shape index (κ3) is 4.29.